The van der Waals surface area contributed by atoms with E-state index in [9.17, 15) is 0 Å². The van der Waals surface area contributed by atoms with Gasteiger partial charge in [0.2, 0.25) is 0 Å². The van der Waals surface area contributed by atoms with Gasteiger partial charge in [0.15, 0.2) is 0 Å². The van der Waals surface area contributed by atoms with Gasteiger partial charge in [-0.05, 0) is 49.9 Å². The summed E-state index contributed by atoms with van der Waals surface area (Å²) >= 11 is 0. The molecular formula is C17H28N2. The molecule has 1 unspecified atom stereocenters. The summed E-state index contributed by atoms with van der Waals surface area (Å²) in [6.45, 7) is 9.44. The molecule has 2 nitrogen and oxygen atoms in total. The Hall–Kier alpha value is -0.860. The van der Waals surface area contributed by atoms with Crippen molar-refractivity contribution in [2.45, 2.75) is 33.2 Å². The molecule has 1 aromatic carbocycles. The highest BCUT2D eigenvalue weighted by atomic mass is 15.1. The molecule has 106 valence electrons. The summed E-state index contributed by atoms with van der Waals surface area (Å²) in [6, 6.07) is 10.8. The van der Waals surface area contributed by atoms with Crippen LogP contribution in [0.15, 0.2) is 30.3 Å². The van der Waals surface area contributed by atoms with Crippen molar-refractivity contribution < 1.29 is 0 Å². The van der Waals surface area contributed by atoms with Crippen molar-refractivity contribution in [3.8, 4) is 0 Å². The van der Waals surface area contributed by atoms with Gasteiger partial charge in [-0.2, -0.15) is 0 Å². The Kier molecular flexibility index (Phi) is 5.00. The summed E-state index contributed by atoms with van der Waals surface area (Å²) in [7, 11) is 2.24. The van der Waals surface area contributed by atoms with Crippen LogP contribution in [-0.4, -0.2) is 31.6 Å². The molecule has 1 saturated heterocycles. The van der Waals surface area contributed by atoms with Crippen molar-refractivity contribution in [3.05, 3.63) is 35.9 Å². The van der Waals surface area contributed by atoms with E-state index in [0.717, 1.165) is 19.0 Å². The zero-order valence-corrected chi connectivity index (χ0v) is 12.7. The third-order valence-electron chi connectivity index (χ3n) is 4.37. The minimum atomic E-state index is 0.386. The first-order valence-corrected chi connectivity index (χ1v) is 7.51. The molecule has 0 aromatic heterocycles. The van der Waals surface area contributed by atoms with Crippen LogP contribution in [-0.2, 0) is 6.54 Å². The molecule has 2 rings (SSSR count). The van der Waals surface area contributed by atoms with E-state index in [1.165, 1.54) is 31.5 Å². The van der Waals surface area contributed by atoms with Gasteiger partial charge >= 0.3 is 0 Å². The maximum Gasteiger partial charge on any atom is 0.0230 e. The minimum Gasteiger partial charge on any atom is -0.316 e. The van der Waals surface area contributed by atoms with Crippen LogP contribution < -0.4 is 5.32 Å². The fourth-order valence-electron chi connectivity index (χ4n) is 3.29. The molecule has 0 radical (unpaired) electrons. The van der Waals surface area contributed by atoms with Crippen LogP contribution in [0.25, 0.3) is 0 Å². The summed E-state index contributed by atoms with van der Waals surface area (Å²) in [5.74, 6) is 0.805. The minimum absolute atomic E-state index is 0.386. The predicted octanol–water partition coefficient (Wildman–Crippen LogP) is 3.14. The first kappa shape index (κ1) is 14.5. The van der Waals surface area contributed by atoms with Crippen LogP contribution >= 0.6 is 0 Å². The third kappa shape index (κ3) is 4.32. The molecule has 1 aliphatic rings. The summed E-state index contributed by atoms with van der Waals surface area (Å²) in [5.41, 5.74) is 1.79. The average molecular weight is 260 g/mol. The van der Waals surface area contributed by atoms with Crippen molar-refractivity contribution in [3.63, 3.8) is 0 Å². The molecule has 1 heterocycles. The van der Waals surface area contributed by atoms with E-state index in [1.807, 2.05) is 0 Å². The number of nitrogens with one attached hydrogen (secondary N) is 1. The second kappa shape index (κ2) is 6.53. The lowest BCUT2D eigenvalue weighted by atomic mass is 9.74. The molecular weight excluding hydrogens is 232 g/mol. The number of nitrogens with zero attached hydrogens (tertiary/aromatic N) is 1. The Morgan fingerprint density at radius 3 is 2.63 bits per heavy atom. The summed E-state index contributed by atoms with van der Waals surface area (Å²) < 4.78 is 0. The molecule has 0 aliphatic carbocycles. The van der Waals surface area contributed by atoms with Gasteiger partial charge in [0.05, 0.1) is 0 Å². The van der Waals surface area contributed by atoms with Crippen LogP contribution in [0.5, 0.6) is 0 Å². The van der Waals surface area contributed by atoms with Gasteiger partial charge in [0.1, 0.15) is 0 Å². The monoisotopic (exact) mass is 260 g/mol. The van der Waals surface area contributed by atoms with Crippen LogP contribution in [0.3, 0.4) is 0 Å². The van der Waals surface area contributed by atoms with E-state index in [1.54, 1.807) is 0 Å². The van der Waals surface area contributed by atoms with Crippen molar-refractivity contribution in [2.75, 3.05) is 26.7 Å². The van der Waals surface area contributed by atoms with Gasteiger partial charge in [-0.15, -0.1) is 0 Å². The fourth-order valence-corrected chi connectivity index (χ4v) is 3.29. The number of rotatable bonds is 5. The van der Waals surface area contributed by atoms with Crippen molar-refractivity contribution in [2.24, 2.45) is 11.3 Å². The highest BCUT2D eigenvalue weighted by Gasteiger charge is 2.31. The van der Waals surface area contributed by atoms with E-state index in [-0.39, 0.29) is 0 Å². The van der Waals surface area contributed by atoms with Gasteiger partial charge < -0.3 is 10.2 Å². The lowest BCUT2D eigenvalue weighted by molar-refractivity contribution is 0.111. The zero-order chi connectivity index (χ0) is 13.7. The maximum atomic E-state index is 3.55. The lowest BCUT2D eigenvalue weighted by Gasteiger charge is -2.40. The second-order valence-electron chi connectivity index (χ2n) is 6.69. The van der Waals surface area contributed by atoms with Gasteiger partial charge in [0.25, 0.3) is 0 Å². The Balaban J connectivity index is 1.88. The van der Waals surface area contributed by atoms with E-state index in [0.29, 0.717) is 5.41 Å². The lowest BCUT2D eigenvalue weighted by Crippen LogP contribution is -2.43. The molecule has 1 aliphatic heterocycles. The van der Waals surface area contributed by atoms with Crippen LogP contribution in [0.2, 0.25) is 0 Å². The molecule has 1 N–H and O–H groups in total. The van der Waals surface area contributed by atoms with E-state index in [2.05, 4.69) is 61.4 Å². The van der Waals surface area contributed by atoms with Crippen LogP contribution in [0, 0.1) is 11.3 Å². The third-order valence-corrected chi connectivity index (χ3v) is 4.37. The smallest absolute Gasteiger partial charge is 0.0230 e. The molecule has 0 bridgehead atoms. The Labute approximate surface area is 118 Å². The molecule has 0 spiro atoms. The number of benzene rings is 1. The first-order valence-electron chi connectivity index (χ1n) is 7.51. The highest BCUT2D eigenvalue weighted by molar-refractivity contribution is 5.14. The first-order chi connectivity index (χ1) is 9.08. The van der Waals surface area contributed by atoms with Gasteiger partial charge in [0, 0.05) is 13.1 Å². The average Bonchev–Trinajstić information content (AvgIpc) is 2.40. The van der Waals surface area contributed by atoms with Crippen molar-refractivity contribution in [1.82, 2.24) is 10.2 Å². The van der Waals surface area contributed by atoms with E-state index >= 15 is 0 Å². The topological polar surface area (TPSA) is 15.3 Å². The molecule has 19 heavy (non-hydrogen) atoms. The molecule has 1 aromatic rings. The summed E-state index contributed by atoms with van der Waals surface area (Å²) in [4.78, 5) is 2.46. The molecule has 1 atom stereocenters. The molecule has 2 heteroatoms. The standard InChI is InChI=1S/C17H28N2/c1-17(2,16-10-7-11-18-12-16)14-19(3)13-15-8-5-4-6-9-15/h4-6,8-9,16,18H,7,10-14H2,1-3H3. The van der Waals surface area contributed by atoms with Crippen molar-refractivity contribution in [1.29, 1.82) is 0 Å². The SMILES string of the molecule is CN(Cc1ccccc1)CC(C)(C)C1CCCNC1. The van der Waals surface area contributed by atoms with Gasteiger partial charge in [-0.1, -0.05) is 44.2 Å². The number of hydrogen-bond donors (Lipinski definition) is 1. The normalized spacial score (nSPS) is 20.7. The maximum absolute atomic E-state index is 3.55. The second-order valence-corrected chi connectivity index (χ2v) is 6.69. The fraction of sp³-hybridized carbons (Fsp3) is 0.647. The molecule has 1 fully saturated rings. The molecule has 0 amide bonds. The Morgan fingerprint density at radius 1 is 1.26 bits per heavy atom. The highest BCUT2D eigenvalue weighted by Crippen LogP contribution is 2.32. The Morgan fingerprint density at radius 2 is 2.00 bits per heavy atom. The van der Waals surface area contributed by atoms with Crippen LogP contribution in [0.4, 0.5) is 0 Å². The predicted molar refractivity (Wildman–Crippen MR) is 82.2 cm³/mol. The Bertz CT molecular complexity index is 366. The number of hydrogen-bond acceptors (Lipinski definition) is 2. The van der Waals surface area contributed by atoms with Gasteiger partial charge in [-0.3, -0.25) is 0 Å². The van der Waals surface area contributed by atoms with Gasteiger partial charge in [-0.25, -0.2) is 0 Å². The molecule has 0 saturated carbocycles. The van der Waals surface area contributed by atoms with E-state index < -0.39 is 0 Å². The van der Waals surface area contributed by atoms with E-state index in [4.69, 9.17) is 0 Å². The zero-order valence-electron chi connectivity index (χ0n) is 12.7. The summed E-state index contributed by atoms with van der Waals surface area (Å²) in [6.07, 6.45) is 2.70. The quantitative estimate of drug-likeness (QED) is 0.875. The van der Waals surface area contributed by atoms with Crippen LogP contribution in [0.1, 0.15) is 32.3 Å². The largest absolute Gasteiger partial charge is 0.316 e. The number of piperidine rings is 1. The summed E-state index contributed by atoms with van der Waals surface area (Å²) in [5, 5.41) is 3.55. The van der Waals surface area contributed by atoms with Crippen molar-refractivity contribution >= 4 is 0 Å².